The van der Waals surface area contributed by atoms with E-state index in [0.29, 0.717) is 12.0 Å². The van der Waals surface area contributed by atoms with E-state index >= 15 is 0 Å². The number of sulfonamides is 1. The first-order chi connectivity index (χ1) is 15.2. The van der Waals surface area contributed by atoms with Gasteiger partial charge in [0, 0.05) is 23.6 Å². The Hall–Kier alpha value is -2.31. The highest BCUT2D eigenvalue weighted by molar-refractivity contribution is 7.92. The van der Waals surface area contributed by atoms with Gasteiger partial charge in [-0.15, -0.1) is 0 Å². The fourth-order valence-electron chi connectivity index (χ4n) is 4.03. The summed E-state index contributed by atoms with van der Waals surface area (Å²) in [6.07, 6.45) is -4.81. The second-order valence-corrected chi connectivity index (χ2v) is 11.5. The third kappa shape index (κ3) is 7.08. The predicted octanol–water partition coefficient (Wildman–Crippen LogP) is 3.76. The Bertz CT molecular complexity index is 1210. The van der Waals surface area contributed by atoms with Gasteiger partial charge in [0.25, 0.3) is 10.1 Å². The zero-order valence-electron chi connectivity index (χ0n) is 17.7. The van der Waals surface area contributed by atoms with E-state index in [9.17, 15) is 35.1 Å². The first kappa shape index (κ1) is 25.3. The lowest BCUT2D eigenvalue weighted by Crippen LogP contribution is -2.20. The van der Waals surface area contributed by atoms with E-state index in [1.54, 1.807) is 6.07 Å². The Labute approximate surface area is 190 Å². The van der Waals surface area contributed by atoms with Crippen LogP contribution in [0.1, 0.15) is 35.4 Å². The molecule has 0 aromatic heterocycles. The molecular weight excluding hydrogens is 483 g/mol. The Morgan fingerprint density at radius 2 is 1.79 bits per heavy atom. The first-order valence-corrected chi connectivity index (χ1v) is 13.5. The summed E-state index contributed by atoms with van der Waals surface area (Å²) in [6, 6.07) is 11.4. The summed E-state index contributed by atoms with van der Waals surface area (Å²) in [5, 5.41) is 10.5. The summed E-state index contributed by atoms with van der Waals surface area (Å²) in [6.45, 7) is -0.134. The third-order valence-corrected chi connectivity index (χ3v) is 7.29. The van der Waals surface area contributed by atoms with Gasteiger partial charge in [-0.25, -0.2) is 8.42 Å². The van der Waals surface area contributed by atoms with Crippen LogP contribution >= 0.6 is 0 Å². The van der Waals surface area contributed by atoms with Crippen LogP contribution < -0.4 is 4.72 Å². The molecule has 0 amide bonds. The number of fused-ring (bicyclic) bond motifs is 1. The van der Waals surface area contributed by atoms with Gasteiger partial charge in [-0.1, -0.05) is 24.3 Å². The molecule has 0 saturated carbocycles. The molecule has 0 bridgehead atoms. The van der Waals surface area contributed by atoms with E-state index in [-0.39, 0.29) is 24.0 Å². The van der Waals surface area contributed by atoms with Crippen molar-refractivity contribution in [2.45, 2.75) is 31.4 Å². The van der Waals surface area contributed by atoms with E-state index in [4.69, 9.17) is 4.18 Å². The third-order valence-electron chi connectivity index (χ3n) is 5.35. The Balaban J connectivity index is 1.87. The van der Waals surface area contributed by atoms with E-state index in [2.05, 4.69) is 4.72 Å². The Morgan fingerprint density at radius 1 is 1.09 bits per heavy atom. The fraction of sp³-hybridized carbons (Fsp3) is 0.429. The molecule has 2 N–H and O–H groups in total. The summed E-state index contributed by atoms with van der Waals surface area (Å²) in [7, 11) is -7.75. The van der Waals surface area contributed by atoms with Crippen LogP contribution in [-0.4, -0.2) is 46.7 Å². The van der Waals surface area contributed by atoms with Crippen molar-refractivity contribution >= 4 is 25.8 Å². The largest absolute Gasteiger partial charge is 0.508 e. The van der Waals surface area contributed by atoms with Gasteiger partial charge in [0.05, 0.1) is 18.6 Å². The second kappa shape index (κ2) is 9.51. The number of alkyl halides is 3. The van der Waals surface area contributed by atoms with Gasteiger partial charge < -0.3 is 5.11 Å². The number of phenols is 1. The van der Waals surface area contributed by atoms with Crippen LogP contribution in [0, 0.1) is 5.92 Å². The molecule has 2 aromatic rings. The van der Waals surface area contributed by atoms with E-state index in [1.807, 2.05) is 18.2 Å². The molecule has 2 aromatic carbocycles. The molecule has 1 aliphatic rings. The molecule has 7 nitrogen and oxygen atoms in total. The molecule has 12 heteroatoms. The molecule has 2 atom stereocenters. The summed E-state index contributed by atoms with van der Waals surface area (Å²) in [4.78, 5) is 0. The van der Waals surface area contributed by atoms with Crippen molar-refractivity contribution in [1.82, 2.24) is 0 Å². The SMILES string of the molecule is CS(=O)(=O)OC[C@@H]1Cc2ccccc2[C@H]1c1cc(NS(=O)(=O)CCCC(F)(F)F)ccc1O. The molecule has 0 radical (unpaired) electrons. The zero-order chi connectivity index (χ0) is 24.4. The minimum Gasteiger partial charge on any atom is -0.508 e. The van der Waals surface area contributed by atoms with Crippen molar-refractivity contribution in [2.75, 3.05) is 23.3 Å². The fourth-order valence-corrected chi connectivity index (χ4v) is 5.56. The highest BCUT2D eigenvalue weighted by Crippen LogP contribution is 2.46. The average molecular weight is 508 g/mol. The Morgan fingerprint density at radius 3 is 2.45 bits per heavy atom. The second-order valence-electron chi connectivity index (χ2n) is 8.04. The van der Waals surface area contributed by atoms with Gasteiger partial charge in [0.2, 0.25) is 10.0 Å². The molecule has 0 fully saturated rings. The average Bonchev–Trinajstić information content (AvgIpc) is 3.04. The molecule has 1 aliphatic carbocycles. The van der Waals surface area contributed by atoms with E-state index in [1.165, 1.54) is 18.2 Å². The topological polar surface area (TPSA) is 110 Å². The number of halogens is 3. The molecular formula is C21H24F3NO6S2. The number of hydrogen-bond donors (Lipinski definition) is 2. The number of rotatable bonds is 9. The minimum atomic E-state index is -4.44. The smallest absolute Gasteiger partial charge is 0.389 e. The van der Waals surface area contributed by atoms with Crippen molar-refractivity contribution < 1.29 is 39.3 Å². The summed E-state index contributed by atoms with van der Waals surface area (Å²) in [5.41, 5.74) is 2.24. The summed E-state index contributed by atoms with van der Waals surface area (Å²) >= 11 is 0. The van der Waals surface area contributed by atoms with Gasteiger partial charge in [0.15, 0.2) is 0 Å². The number of aromatic hydroxyl groups is 1. The van der Waals surface area contributed by atoms with Gasteiger partial charge in [-0.2, -0.15) is 21.6 Å². The van der Waals surface area contributed by atoms with Crippen molar-refractivity contribution in [3.05, 3.63) is 59.2 Å². The van der Waals surface area contributed by atoms with Crippen LogP contribution in [0.2, 0.25) is 0 Å². The maximum atomic E-state index is 12.3. The Kier molecular flexibility index (Phi) is 7.30. The van der Waals surface area contributed by atoms with Crippen LogP contribution in [-0.2, 0) is 30.7 Å². The van der Waals surface area contributed by atoms with Crippen LogP contribution in [0.4, 0.5) is 18.9 Å². The monoisotopic (exact) mass is 507 g/mol. The molecule has 0 unspecified atom stereocenters. The lowest BCUT2D eigenvalue weighted by atomic mass is 9.85. The van der Waals surface area contributed by atoms with Crippen LogP contribution in [0.25, 0.3) is 0 Å². The van der Waals surface area contributed by atoms with E-state index in [0.717, 1.165) is 17.4 Å². The zero-order valence-corrected chi connectivity index (χ0v) is 19.3. The number of hydrogen-bond acceptors (Lipinski definition) is 6. The quantitative estimate of drug-likeness (QED) is 0.395. The van der Waals surface area contributed by atoms with Gasteiger partial charge in [0.1, 0.15) is 5.75 Å². The highest BCUT2D eigenvalue weighted by atomic mass is 32.2. The van der Waals surface area contributed by atoms with Crippen LogP contribution in [0.5, 0.6) is 5.75 Å². The number of nitrogens with one attached hydrogen (secondary N) is 1. The molecule has 0 saturated heterocycles. The van der Waals surface area contributed by atoms with Crippen molar-refractivity contribution in [1.29, 1.82) is 0 Å². The van der Waals surface area contributed by atoms with Crippen molar-refractivity contribution in [2.24, 2.45) is 5.92 Å². The standard InChI is InChI=1S/C21H24F3NO6S2/c1-32(27,28)31-13-15-11-14-5-2-3-6-17(14)20(15)18-12-16(7-8-19(18)26)25-33(29,30)10-4-9-21(22,23)24/h2-3,5-8,12,15,20,25-26H,4,9-11,13H2,1H3/t15-,20-/m0/s1. The highest BCUT2D eigenvalue weighted by Gasteiger charge is 2.36. The number of anilines is 1. The predicted molar refractivity (Wildman–Crippen MR) is 117 cm³/mol. The molecule has 0 spiro atoms. The molecule has 33 heavy (non-hydrogen) atoms. The summed E-state index contributed by atoms with van der Waals surface area (Å²) < 4.78 is 91.8. The lowest BCUT2D eigenvalue weighted by Gasteiger charge is -2.22. The van der Waals surface area contributed by atoms with E-state index < -0.39 is 50.8 Å². The minimum absolute atomic E-state index is 0.0852. The number of benzene rings is 2. The lowest BCUT2D eigenvalue weighted by molar-refractivity contribution is -0.134. The normalized spacial score (nSPS) is 18.8. The van der Waals surface area contributed by atoms with Crippen molar-refractivity contribution in [3.63, 3.8) is 0 Å². The first-order valence-electron chi connectivity index (χ1n) is 10.1. The molecule has 182 valence electrons. The molecule has 0 aliphatic heterocycles. The maximum Gasteiger partial charge on any atom is 0.389 e. The molecule has 0 heterocycles. The maximum absolute atomic E-state index is 12.3. The van der Waals surface area contributed by atoms with Crippen molar-refractivity contribution in [3.8, 4) is 5.75 Å². The van der Waals surface area contributed by atoms with Crippen LogP contribution in [0.3, 0.4) is 0 Å². The number of phenolic OH excluding ortho intramolecular Hbond substituents is 1. The van der Waals surface area contributed by atoms with Crippen LogP contribution in [0.15, 0.2) is 42.5 Å². The van der Waals surface area contributed by atoms with Gasteiger partial charge in [-0.3, -0.25) is 8.91 Å². The molecule has 3 rings (SSSR count). The van der Waals surface area contributed by atoms with Gasteiger partial charge >= 0.3 is 6.18 Å². The van der Waals surface area contributed by atoms with Gasteiger partial charge in [-0.05, 0) is 48.1 Å². The summed E-state index contributed by atoms with van der Waals surface area (Å²) in [5.74, 6) is -1.65.